The van der Waals surface area contributed by atoms with Crippen molar-refractivity contribution in [2.24, 2.45) is 0 Å². The first-order valence-corrected chi connectivity index (χ1v) is 6.97. The van der Waals surface area contributed by atoms with E-state index in [0.717, 1.165) is 17.5 Å². The Morgan fingerprint density at radius 3 is 2.90 bits per heavy atom. The van der Waals surface area contributed by atoms with E-state index in [0.29, 0.717) is 31.1 Å². The molecule has 21 heavy (non-hydrogen) atoms. The number of aryl methyl sites for hydroxylation is 1. The Balaban J connectivity index is 1.70. The van der Waals surface area contributed by atoms with Gasteiger partial charge in [-0.1, -0.05) is 22.9 Å². The second-order valence-electron chi connectivity index (χ2n) is 5.48. The van der Waals surface area contributed by atoms with Gasteiger partial charge in [0.25, 0.3) is 5.89 Å². The van der Waals surface area contributed by atoms with Gasteiger partial charge in [-0.25, -0.2) is 0 Å². The maximum absolute atomic E-state index is 11.3. The van der Waals surface area contributed by atoms with E-state index in [-0.39, 0.29) is 0 Å². The fraction of sp³-hybridized carbons (Fsp3) is 0.400. The van der Waals surface area contributed by atoms with Crippen molar-refractivity contribution < 1.29 is 14.4 Å². The number of hydrogen-bond donors (Lipinski definition) is 2. The zero-order chi connectivity index (χ0) is 14.9. The molecule has 1 saturated carbocycles. The molecule has 0 atom stereocenters. The summed E-state index contributed by atoms with van der Waals surface area (Å²) in [5.41, 5.74) is 1.17. The third-order valence-electron chi connectivity index (χ3n) is 3.93. The molecule has 1 aromatic carbocycles. The summed E-state index contributed by atoms with van der Waals surface area (Å²) in [5.74, 6) is 0.115. The van der Waals surface area contributed by atoms with Crippen LogP contribution in [0.4, 0.5) is 0 Å². The molecule has 0 amide bonds. The summed E-state index contributed by atoms with van der Waals surface area (Å²) in [6.45, 7) is 2.29. The van der Waals surface area contributed by atoms with Crippen LogP contribution in [0.15, 0.2) is 28.8 Å². The van der Waals surface area contributed by atoms with Gasteiger partial charge in [-0.15, -0.1) is 0 Å². The molecular formula is C15H17N3O3. The monoisotopic (exact) mass is 287 g/mol. The highest BCUT2D eigenvalue weighted by Crippen LogP contribution is 2.32. The fourth-order valence-electron chi connectivity index (χ4n) is 2.47. The van der Waals surface area contributed by atoms with Crippen molar-refractivity contribution in [2.75, 3.05) is 0 Å². The maximum Gasteiger partial charge on any atom is 0.323 e. The Hall–Kier alpha value is -2.21. The number of aromatic nitrogens is 2. The molecule has 110 valence electrons. The van der Waals surface area contributed by atoms with Gasteiger partial charge < -0.3 is 9.63 Å². The van der Waals surface area contributed by atoms with Crippen molar-refractivity contribution in [3.63, 3.8) is 0 Å². The van der Waals surface area contributed by atoms with Crippen molar-refractivity contribution in [3.05, 3.63) is 35.7 Å². The lowest BCUT2D eigenvalue weighted by Crippen LogP contribution is -2.56. The molecule has 6 nitrogen and oxygen atoms in total. The summed E-state index contributed by atoms with van der Waals surface area (Å²) in [4.78, 5) is 15.6. The van der Waals surface area contributed by atoms with E-state index in [1.165, 1.54) is 0 Å². The normalized spacial score (nSPS) is 16.4. The minimum absolute atomic E-state index is 0.293. The minimum Gasteiger partial charge on any atom is -0.480 e. The van der Waals surface area contributed by atoms with Crippen LogP contribution in [-0.2, 0) is 11.3 Å². The van der Waals surface area contributed by atoms with Gasteiger partial charge in [-0.2, -0.15) is 4.98 Å². The third kappa shape index (κ3) is 2.67. The van der Waals surface area contributed by atoms with Crippen LogP contribution in [0.1, 0.15) is 30.7 Å². The molecule has 1 aliphatic carbocycles. The highest BCUT2D eigenvalue weighted by Gasteiger charge is 2.44. The lowest BCUT2D eigenvalue weighted by atomic mass is 9.77. The van der Waals surface area contributed by atoms with Crippen molar-refractivity contribution in [2.45, 2.75) is 38.3 Å². The maximum atomic E-state index is 11.3. The quantitative estimate of drug-likeness (QED) is 0.876. The number of benzene rings is 1. The molecular weight excluding hydrogens is 270 g/mol. The Kier molecular flexibility index (Phi) is 3.47. The molecule has 0 radical (unpaired) electrons. The Bertz CT molecular complexity index is 662. The average Bonchev–Trinajstić information content (AvgIpc) is 2.86. The van der Waals surface area contributed by atoms with E-state index < -0.39 is 11.5 Å². The number of nitrogens with zero attached hydrogens (tertiary/aromatic N) is 2. The van der Waals surface area contributed by atoms with Gasteiger partial charge >= 0.3 is 5.97 Å². The number of hydrogen-bond acceptors (Lipinski definition) is 5. The van der Waals surface area contributed by atoms with Crippen LogP contribution in [0.3, 0.4) is 0 Å². The van der Waals surface area contributed by atoms with Crippen LogP contribution in [0, 0.1) is 6.92 Å². The highest BCUT2D eigenvalue weighted by atomic mass is 16.5. The summed E-state index contributed by atoms with van der Waals surface area (Å²) >= 11 is 0. The first-order chi connectivity index (χ1) is 10.1. The fourth-order valence-corrected chi connectivity index (χ4v) is 2.47. The van der Waals surface area contributed by atoms with Gasteiger partial charge in [-0.05, 0) is 38.3 Å². The average molecular weight is 287 g/mol. The molecule has 2 aromatic rings. The third-order valence-corrected chi connectivity index (χ3v) is 3.93. The van der Waals surface area contributed by atoms with E-state index >= 15 is 0 Å². The second kappa shape index (κ2) is 5.29. The molecule has 0 saturated heterocycles. The molecule has 3 rings (SSSR count). The van der Waals surface area contributed by atoms with Crippen molar-refractivity contribution in [3.8, 4) is 11.5 Å². The van der Waals surface area contributed by atoms with E-state index in [1.807, 2.05) is 31.2 Å². The summed E-state index contributed by atoms with van der Waals surface area (Å²) in [5, 5.41) is 16.2. The minimum atomic E-state index is -0.815. The van der Waals surface area contributed by atoms with E-state index in [9.17, 15) is 9.90 Å². The lowest BCUT2D eigenvalue weighted by molar-refractivity contribution is -0.148. The molecule has 0 spiro atoms. The van der Waals surface area contributed by atoms with Gasteiger partial charge in [0.15, 0.2) is 5.82 Å². The van der Waals surface area contributed by atoms with Crippen LogP contribution in [-0.4, -0.2) is 26.8 Å². The number of nitrogens with one attached hydrogen (secondary N) is 1. The standard InChI is InChI=1S/C15H17N3O3/c1-10-4-2-5-11(8-10)13-17-12(18-21-13)9-16-15(14(19)20)6-3-7-15/h2,4-5,8,16H,3,6-7,9H2,1H3,(H,19,20). The lowest BCUT2D eigenvalue weighted by Gasteiger charge is -2.38. The van der Waals surface area contributed by atoms with Crippen molar-refractivity contribution in [1.82, 2.24) is 15.5 Å². The number of carbonyl (C=O) groups is 1. The van der Waals surface area contributed by atoms with E-state index in [1.54, 1.807) is 0 Å². The Labute approximate surface area is 122 Å². The van der Waals surface area contributed by atoms with Crippen LogP contribution in [0.5, 0.6) is 0 Å². The first kappa shape index (κ1) is 13.8. The molecule has 1 aromatic heterocycles. The number of aliphatic carboxylic acids is 1. The summed E-state index contributed by atoms with van der Waals surface area (Å²) in [6, 6.07) is 7.80. The summed E-state index contributed by atoms with van der Waals surface area (Å²) < 4.78 is 5.23. The predicted molar refractivity (Wildman–Crippen MR) is 75.5 cm³/mol. The van der Waals surface area contributed by atoms with Crippen LogP contribution >= 0.6 is 0 Å². The molecule has 0 aliphatic heterocycles. The smallest absolute Gasteiger partial charge is 0.323 e. The molecule has 0 unspecified atom stereocenters. The predicted octanol–water partition coefficient (Wildman–Crippen LogP) is 2.14. The largest absolute Gasteiger partial charge is 0.480 e. The molecule has 1 fully saturated rings. The molecule has 0 bridgehead atoms. The van der Waals surface area contributed by atoms with Crippen molar-refractivity contribution >= 4 is 5.97 Å². The molecule has 1 aliphatic rings. The number of rotatable bonds is 5. The van der Waals surface area contributed by atoms with Crippen LogP contribution in [0.2, 0.25) is 0 Å². The first-order valence-electron chi connectivity index (χ1n) is 6.97. The number of carboxylic acids is 1. The SMILES string of the molecule is Cc1cccc(-c2nc(CNC3(C(=O)O)CCC3)no2)c1. The molecule has 2 N–H and O–H groups in total. The second-order valence-corrected chi connectivity index (χ2v) is 5.48. The number of carboxylic acid groups (broad SMARTS) is 1. The van der Waals surface area contributed by atoms with E-state index in [4.69, 9.17) is 4.52 Å². The van der Waals surface area contributed by atoms with E-state index in [2.05, 4.69) is 15.5 Å². The topological polar surface area (TPSA) is 88.2 Å². The Morgan fingerprint density at radius 2 is 2.29 bits per heavy atom. The molecule has 6 heteroatoms. The molecule has 1 heterocycles. The summed E-state index contributed by atoms with van der Waals surface area (Å²) in [7, 11) is 0. The van der Waals surface area contributed by atoms with Gasteiger partial charge in [0.2, 0.25) is 0 Å². The highest BCUT2D eigenvalue weighted by molar-refractivity contribution is 5.79. The Morgan fingerprint density at radius 1 is 1.48 bits per heavy atom. The van der Waals surface area contributed by atoms with Crippen LogP contribution < -0.4 is 5.32 Å². The summed E-state index contributed by atoms with van der Waals surface area (Å²) in [6.07, 6.45) is 2.22. The van der Waals surface area contributed by atoms with Gasteiger partial charge in [0.1, 0.15) is 5.54 Å². The van der Waals surface area contributed by atoms with Crippen molar-refractivity contribution in [1.29, 1.82) is 0 Å². The van der Waals surface area contributed by atoms with Crippen LogP contribution in [0.25, 0.3) is 11.5 Å². The van der Waals surface area contributed by atoms with Gasteiger partial charge in [0.05, 0.1) is 6.54 Å². The van der Waals surface area contributed by atoms with Gasteiger partial charge in [-0.3, -0.25) is 10.1 Å². The van der Waals surface area contributed by atoms with Gasteiger partial charge in [0, 0.05) is 5.56 Å². The zero-order valence-corrected chi connectivity index (χ0v) is 11.8. The zero-order valence-electron chi connectivity index (χ0n) is 11.8.